The zero-order valence-corrected chi connectivity index (χ0v) is 17.2. The van der Waals surface area contributed by atoms with Crippen LogP contribution in [-0.2, 0) is 16.1 Å². The van der Waals surface area contributed by atoms with Crippen molar-refractivity contribution in [1.82, 2.24) is 19.4 Å². The molecule has 2 heterocycles. The van der Waals surface area contributed by atoms with Gasteiger partial charge in [0.25, 0.3) is 5.56 Å². The van der Waals surface area contributed by atoms with Crippen LogP contribution in [0.5, 0.6) is 0 Å². The predicted molar refractivity (Wildman–Crippen MR) is 114 cm³/mol. The van der Waals surface area contributed by atoms with Gasteiger partial charge in [-0.3, -0.25) is 19.1 Å². The highest BCUT2D eigenvalue weighted by molar-refractivity contribution is 5.81. The summed E-state index contributed by atoms with van der Waals surface area (Å²) in [5.74, 6) is -2.31. The molecule has 0 atom stereocenters. The van der Waals surface area contributed by atoms with E-state index in [1.165, 1.54) is 6.07 Å². The molecule has 0 spiro atoms. The zero-order chi connectivity index (χ0) is 22.7. The van der Waals surface area contributed by atoms with Gasteiger partial charge in [-0.1, -0.05) is 12.1 Å². The standard InChI is InChI=1S/C22H22F2N4O4/c23-15-5-6-19(17(24)13-15)28-21(30)16-3-1-2-4-18(16)27(22(28)31)14-20(29)25-7-8-26-9-11-32-12-10-26/h1-6,13H,7-12,14H2,(H,25,29). The topological polar surface area (TPSA) is 85.6 Å². The third-order valence-corrected chi connectivity index (χ3v) is 5.36. The molecule has 10 heteroatoms. The Morgan fingerprint density at radius 1 is 1.06 bits per heavy atom. The molecule has 32 heavy (non-hydrogen) atoms. The average Bonchev–Trinajstić information content (AvgIpc) is 2.79. The lowest BCUT2D eigenvalue weighted by atomic mass is 10.2. The van der Waals surface area contributed by atoms with Crippen LogP contribution in [0.2, 0.25) is 0 Å². The lowest BCUT2D eigenvalue weighted by Gasteiger charge is -2.26. The van der Waals surface area contributed by atoms with E-state index in [1.807, 2.05) is 0 Å². The molecule has 1 aromatic heterocycles. The van der Waals surface area contributed by atoms with E-state index in [0.717, 1.165) is 29.8 Å². The smallest absolute Gasteiger partial charge is 0.336 e. The maximum Gasteiger partial charge on any atom is 0.336 e. The van der Waals surface area contributed by atoms with Gasteiger partial charge < -0.3 is 10.1 Å². The number of carbonyl (C=O) groups excluding carboxylic acids is 1. The van der Waals surface area contributed by atoms with Crippen LogP contribution in [0.3, 0.4) is 0 Å². The van der Waals surface area contributed by atoms with Gasteiger partial charge >= 0.3 is 5.69 Å². The number of nitrogens with zero attached hydrogens (tertiary/aromatic N) is 3. The molecule has 0 radical (unpaired) electrons. The van der Waals surface area contributed by atoms with Crippen molar-refractivity contribution in [3.05, 3.63) is 74.9 Å². The molecular weight excluding hydrogens is 422 g/mol. The summed E-state index contributed by atoms with van der Waals surface area (Å²) < 4.78 is 34.8. The molecule has 0 bridgehead atoms. The Morgan fingerprint density at radius 3 is 2.56 bits per heavy atom. The highest BCUT2D eigenvalue weighted by Gasteiger charge is 2.19. The third kappa shape index (κ3) is 4.46. The molecule has 1 aliphatic rings. The van der Waals surface area contributed by atoms with Crippen LogP contribution in [0.4, 0.5) is 8.78 Å². The van der Waals surface area contributed by atoms with E-state index >= 15 is 0 Å². The summed E-state index contributed by atoms with van der Waals surface area (Å²) in [5.41, 5.74) is -1.76. The molecule has 1 aliphatic heterocycles. The SMILES string of the molecule is O=C(Cn1c(=O)n(-c2ccc(F)cc2F)c(=O)c2ccccc21)NCCN1CCOCC1. The second-order valence-electron chi connectivity index (χ2n) is 7.43. The number of ether oxygens (including phenoxy) is 1. The number of fused-ring (bicyclic) bond motifs is 1. The van der Waals surface area contributed by atoms with Gasteiger partial charge in [-0.05, 0) is 24.3 Å². The number of rotatable bonds is 6. The first-order valence-electron chi connectivity index (χ1n) is 10.2. The molecule has 8 nitrogen and oxygen atoms in total. The van der Waals surface area contributed by atoms with Crippen molar-refractivity contribution in [3.63, 3.8) is 0 Å². The van der Waals surface area contributed by atoms with Crippen LogP contribution in [-0.4, -0.2) is 59.3 Å². The van der Waals surface area contributed by atoms with Gasteiger partial charge in [0.15, 0.2) is 0 Å². The van der Waals surface area contributed by atoms with E-state index in [1.54, 1.807) is 18.2 Å². The number of aromatic nitrogens is 2. The Kier molecular flexibility index (Phi) is 6.42. The number of morpholine rings is 1. The van der Waals surface area contributed by atoms with Crippen LogP contribution in [0.15, 0.2) is 52.1 Å². The number of benzene rings is 2. The number of hydrogen-bond acceptors (Lipinski definition) is 5. The summed E-state index contributed by atoms with van der Waals surface area (Å²) in [7, 11) is 0. The van der Waals surface area contributed by atoms with Crippen molar-refractivity contribution in [3.8, 4) is 5.69 Å². The Morgan fingerprint density at radius 2 is 1.81 bits per heavy atom. The van der Waals surface area contributed by atoms with Crippen LogP contribution in [0, 0.1) is 11.6 Å². The van der Waals surface area contributed by atoms with Crippen molar-refractivity contribution >= 4 is 16.8 Å². The molecule has 3 aromatic rings. The number of halogens is 2. The number of carbonyl (C=O) groups is 1. The molecular formula is C22H22F2N4O4. The first-order valence-corrected chi connectivity index (χ1v) is 10.2. The van der Waals surface area contributed by atoms with Crippen molar-refractivity contribution in [2.45, 2.75) is 6.54 Å². The van der Waals surface area contributed by atoms with E-state index in [0.29, 0.717) is 36.9 Å². The summed E-state index contributed by atoms with van der Waals surface area (Å²) in [4.78, 5) is 40.8. The summed E-state index contributed by atoms with van der Waals surface area (Å²) >= 11 is 0. The van der Waals surface area contributed by atoms with Crippen molar-refractivity contribution in [2.24, 2.45) is 0 Å². The molecule has 4 rings (SSSR count). The highest BCUT2D eigenvalue weighted by Crippen LogP contribution is 2.14. The summed E-state index contributed by atoms with van der Waals surface area (Å²) in [6, 6.07) is 8.85. The first kappa shape index (κ1) is 21.8. The van der Waals surface area contributed by atoms with Gasteiger partial charge in [0.05, 0.1) is 29.8 Å². The quantitative estimate of drug-likeness (QED) is 0.610. The summed E-state index contributed by atoms with van der Waals surface area (Å²) in [6.45, 7) is 3.55. The van der Waals surface area contributed by atoms with Crippen molar-refractivity contribution in [1.29, 1.82) is 0 Å². The maximum atomic E-state index is 14.4. The fraction of sp³-hybridized carbons (Fsp3) is 0.318. The molecule has 0 saturated carbocycles. The van der Waals surface area contributed by atoms with E-state index in [-0.39, 0.29) is 23.1 Å². The minimum atomic E-state index is -1.05. The molecule has 1 fully saturated rings. The molecule has 1 amide bonds. The van der Waals surface area contributed by atoms with Gasteiger partial charge in [-0.2, -0.15) is 0 Å². The first-order chi connectivity index (χ1) is 15.5. The maximum absolute atomic E-state index is 14.4. The Hall–Kier alpha value is -3.37. The molecule has 1 N–H and O–H groups in total. The Balaban J connectivity index is 1.65. The van der Waals surface area contributed by atoms with E-state index in [9.17, 15) is 23.2 Å². The number of amides is 1. The highest BCUT2D eigenvalue weighted by atomic mass is 19.1. The van der Waals surface area contributed by atoms with Crippen molar-refractivity contribution < 1.29 is 18.3 Å². The minimum absolute atomic E-state index is 0.136. The van der Waals surface area contributed by atoms with Crippen LogP contribution < -0.4 is 16.6 Å². The number of para-hydroxylation sites is 1. The van der Waals surface area contributed by atoms with Crippen molar-refractivity contribution in [2.75, 3.05) is 39.4 Å². The van der Waals surface area contributed by atoms with E-state index in [4.69, 9.17) is 4.74 Å². The van der Waals surface area contributed by atoms with E-state index < -0.39 is 28.8 Å². The summed E-state index contributed by atoms with van der Waals surface area (Å²) in [5, 5.41) is 2.91. The molecule has 1 saturated heterocycles. The second-order valence-corrected chi connectivity index (χ2v) is 7.43. The molecule has 0 aliphatic carbocycles. The number of nitrogens with one attached hydrogen (secondary N) is 1. The largest absolute Gasteiger partial charge is 0.379 e. The lowest BCUT2D eigenvalue weighted by molar-refractivity contribution is -0.121. The van der Waals surface area contributed by atoms with Gasteiger partial charge in [0.1, 0.15) is 18.2 Å². The van der Waals surface area contributed by atoms with Gasteiger partial charge in [-0.15, -0.1) is 0 Å². The van der Waals surface area contributed by atoms with Crippen LogP contribution in [0.25, 0.3) is 16.6 Å². The summed E-state index contributed by atoms with van der Waals surface area (Å²) in [6.07, 6.45) is 0. The monoisotopic (exact) mass is 444 g/mol. The molecule has 0 unspecified atom stereocenters. The zero-order valence-electron chi connectivity index (χ0n) is 17.2. The number of hydrogen-bond donors (Lipinski definition) is 1. The second kappa shape index (κ2) is 9.41. The third-order valence-electron chi connectivity index (χ3n) is 5.36. The fourth-order valence-electron chi connectivity index (χ4n) is 3.73. The van der Waals surface area contributed by atoms with Gasteiger partial charge in [0.2, 0.25) is 5.91 Å². The van der Waals surface area contributed by atoms with E-state index in [2.05, 4.69) is 10.2 Å². The molecule has 168 valence electrons. The Bertz CT molecular complexity index is 1270. The van der Waals surface area contributed by atoms with Crippen LogP contribution >= 0.6 is 0 Å². The lowest BCUT2D eigenvalue weighted by Crippen LogP contribution is -2.44. The molecule has 2 aromatic carbocycles. The van der Waals surface area contributed by atoms with Gasteiger partial charge in [0, 0.05) is 32.2 Å². The van der Waals surface area contributed by atoms with Crippen LogP contribution in [0.1, 0.15) is 0 Å². The van der Waals surface area contributed by atoms with Gasteiger partial charge in [-0.25, -0.2) is 18.1 Å². The fourth-order valence-corrected chi connectivity index (χ4v) is 3.73. The predicted octanol–water partition coefficient (Wildman–Crippen LogP) is 0.879. The average molecular weight is 444 g/mol. The Labute approximate surface area is 181 Å². The normalized spacial score (nSPS) is 14.6. The minimum Gasteiger partial charge on any atom is -0.379 e.